The lowest BCUT2D eigenvalue weighted by molar-refractivity contribution is -0.151. The summed E-state index contributed by atoms with van der Waals surface area (Å²) in [4.78, 5) is 16.6. The molecule has 0 saturated carbocycles. The molecule has 2 aromatic carbocycles. The molecule has 0 amide bonds. The highest BCUT2D eigenvalue weighted by atomic mass is 35.5. The van der Waals surface area contributed by atoms with Crippen molar-refractivity contribution in [2.45, 2.75) is 13.0 Å². The first kappa shape index (κ1) is 17.1. The van der Waals surface area contributed by atoms with Gasteiger partial charge < -0.3 is 15.3 Å². The first-order valence-corrected chi connectivity index (χ1v) is 7.44. The minimum Gasteiger partial charge on any atom is -0.479 e. The van der Waals surface area contributed by atoms with E-state index in [1.807, 2.05) is 0 Å². The van der Waals surface area contributed by atoms with E-state index in [4.69, 9.17) is 38.5 Å². The van der Waals surface area contributed by atoms with Gasteiger partial charge in [-0.15, -0.1) is 0 Å². The van der Waals surface area contributed by atoms with Gasteiger partial charge in [0.25, 0.3) is 0 Å². The van der Waals surface area contributed by atoms with Crippen molar-refractivity contribution in [2.75, 3.05) is 0 Å². The van der Waals surface area contributed by atoms with E-state index in [0.717, 1.165) is 0 Å². The number of hydrogen-bond donors (Lipinski definition) is 1. The van der Waals surface area contributed by atoms with Crippen LogP contribution in [-0.2, 0) is 9.63 Å². The van der Waals surface area contributed by atoms with E-state index >= 15 is 0 Å². The summed E-state index contributed by atoms with van der Waals surface area (Å²) in [6, 6.07) is 13.3. The van der Waals surface area contributed by atoms with E-state index in [9.17, 15) is 4.79 Å². The van der Waals surface area contributed by atoms with Crippen LogP contribution in [0.25, 0.3) is 0 Å². The number of hydrogen-bond acceptors (Lipinski definition) is 4. The number of nitrogens with two attached hydrogens (primary N) is 1. The van der Waals surface area contributed by atoms with Crippen molar-refractivity contribution < 1.29 is 14.4 Å². The van der Waals surface area contributed by atoms with Crippen molar-refractivity contribution in [1.82, 2.24) is 0 Å². The largest absolute Gasteiger partial charge is 0.479 e. The molecular weight excluding hydrogens is 339 g/mol. The summed E-state index contributed by atoms with van der Waals surface area (Å²) < 4.78 is 5.42. The summed E-state index contributed by atoms with van der Waals surface area (Å²) in [7, 11) is 0. The molecule has 5 nitrogen and oxygen atoms in total. The number of benzene rings is 2. The maximum Gasteiger partial charge on any atom is 0.374 e. The molecule has 120 valence electrons. The topological polar surface area (TPSA) is 73.9 Å². The van der Waals surface area contributed by atoms with Gasteiger partial charge >= 0.3 is 5.97 Å². The quantitative estimate of drug-likeness (QED) is 0.386. The fourth-order valence-electron chi connectivity index (χ4n) is 1.63. The Balaban J connectivity index is 1.95. The average Bonchev–Trinajstić information content (AvgIpc) is 2.53. The number of amidine groups is 1. The molecule has 0 spiro atoms. The Morgan fingerprint density at radius 2 is 1.83 bits per heavy atom. The van der Waals surface area contributed by atoms with Gasteiger partial charge in [0.05, 0.1) is 0 Å². The highest BCUT2D eigenvalue weighted by Crippen LogP contribution is 2.18. The Kier molecular flexibility index (Phi) is 5.84. The maximum atomic E-state index is 11.9. The number of carbonyl (C=O) groups excluding carboxylic acids is 1. The van der Waals surface area contributed by atoms with Gasteiger partial charge in [-0.3, -0.25) is 0 Å². The lowest BCUT2D eigenvalue weighted by Crippen LogP contribution is -2.26. The molecule has 0 aliphatic carbocycles. The fraction of sp³-hybridized carbons (Fsp3) is 0.125. The summed E-state index contributed by atoms with van der Waals surface area (Å²) >= 11 is 11.6. The minimum atomic E-state index is -0.866. The van der Waals surface area contributed by atoms with Crippen LogP contribution in [-0.4, -0.2) is 17.9 Å². The molecule has 7 heteroatoms. The molecule has 0 aromatic heterocycles. The second-order valence-electron chi connectivity index (χ2n) is 4.61. The van der Waals surface area contributed by atoms with Gasteiger partial charge in [-0.05, 0) is 49.4 Å². The molecule has 0 aliphatic rings. The summed E-state index contributed by atoms with van der Waals surface area (Å²) in [6.45, 7) is 1.54. The van der Waals surface area contributed by atoms with Gasteiger partial charge in [0, 0.05) is 15.6 Å². The maximum absolute atomic E-state index is 11.9. The lowest BCUT2D eigenvalue weighted by Gasteiger charge is -2.12. The Morgan fingerprint density at radius 1 is 1.13 bits per heavy atom. The van der Waals surface area contributed by atoms with Crippen LogP contribution in [0.2, 0.25) is 10.0 Å². The SMILES string of the molecule is C[C@@H](Oc1cccc(Cl)c1)C(=O)O/N=C(/N)c1ccc(Cl)cc1. The van der Waals surface area contributed by atoms with E-state index in [1.165, 1.54) is 6.92 Å². The molecule has 0 unspecified atom stereocenters. The van der Waals surface area contributed by atoms with Crippen LogP contribution in [0.5, 0.6) is 5.75 Å². The second kappa shape index (κ2) is 7.85. The molecule has 23 heavy (non-hydrogen) atoms. The van der Waals surface area contributed by atoms with Crippen molar-refractivity contribution in [1.29, 1.82) is 0 Å². The normalized spacial score (nSPS) is 12.6. The van der Waals surface area contributed by atoms with Crippen molar-refractivity contribution in [3.63, 3.8) is 0 Å². The molecule has 0 radical (unpaired) electrons. The van der Waals surface area contributed by atoms with Gasteiger partial charge in [0.15, 0.2) is 11.9 Å². The highest BCUT2D eigenvalue weighted by molar-refractivity contribution is 6.31. The molecule has 1 atom stereocenters. The minimum absolute atomic E-state index is 0.0602. The summed E-state index contributed by atoms with van der Waals surface area (Å²) in [6.07, 6.45) is -0.866. The summed E-state index contributed by atoms with van der Waals surface area (Å²) in [5.74, 6) is -0.163. The van der Waals surface area contributed by atoms with Gasteiger partial charge in [0.2, 0.25) is 0 Å². The van der Waals surface area contributed by atoms with Crippen molar-refractivity contribution in [2.24, 2.45) is 10.9 Å². The van der Waals surface area contributed by atoms with Crippen LogP contribution >= 0.6 is 23.2 Å². The number of ether oxygens (including phenoxy) is 1. The Morgan fingerprint density at radius 3 is 2.48 bits per heavy atom. The molecule has 0 saturated heterocycles. The predicted molar refractivity (Wildman–Crippen MR) is 89.8 cm³/mol. The summed E-state index contributed by atoms with van der Waals surface area (Å²) in [5.41, 5.74) is 6.33. The second-order valence-corrected chi connectivity index (χ2v) is 5.48. The standard InChI is InChI=1S/C16H14Cl2N2O3/c1-10(22-14-4-2-3-13(18)9-14)16(21)23-20-15(19)11-5-7-12(17)8-6-11/h2-10H,1H3,(H2,19,20)/t10-/m1/s1. The van der Waals surface area contributed by atoms with E-state index in [1.54, 1.807) is 48.5 Å². The van der Waals surface area contributed by atoms with Gasteiger partial charge in [-0.1, -0.05) is 34.4 Å². The van der Waals surface area contributed by atoms with Crippen molar-refractivity contribution >= 4 is 35.0 Å². The number of rotatable bonds is 5. The third kappa shape index (κ3) is 5.16. The zero-order valence-electron chi connectivity index (χ0n) is 12.2. The smallest absolute Gasteiger partial charge is 0.374 e. The first-order valence-electron chi connectivity index (χ1n) is 6.68. The fourth-order valence-corrected chi connectivity index (χ4v) is 1.94. The predicted octanol–water partition coefficient (Wildman–Crippen LogP) is 3.62. The van der Waals surface area contributed by atoms with Crippen LogP contribution in [0.3, 0.4) is 0 Å². The molecular formula is C16H14Cl2N2O3. The van der Waals surface area contributed by atoms with Crippen molar-refractivity contribution in [3.8, 4) is 5.75 Å². The number of carbonyl (C=O) groups is 1. The van der Waals surface area contributed by atoms with E-state index in [2.05, 4.69) is 5.16 Å². The lowest BCUT2D eigenvalue weighted by atomic mass is 10.2. The Labute approximate surface area is 143 Å². The third-order valence-corrected chi connectivity index (χ3v) is 3.30. The van der Waals surface area contributed by atoms with Gasteiger partial charge in [0.1, 0.15) is 5.75 Å². The zero-order valence-corrected chi connectivity index (χ0v) is 13.7. The van der Waals surface area contributed by atoms with Crippen LogP contribution in [0, 0.1) is 0 Å². The number of oxime groups is 1. The zero-order chi connectivity index (χ0) is 16.8. The monoisotopic (exact) mass is 352 g/mol. The Hall–Kier alpha value is -2.24. The van der Waals surface area contributed by atoms with Crippen LogP contribution in [0.4, 0.5) is 0 Å². The number of halogens is 2. The molecule has 0 aliphatic heterocycles. The highest BCUT2D eigenvalue weighted by Gasteiger charge is 2.17. The first-order chi connectivity index (χ1) is 11.0. The molecule has 0 heterocycles. The van der Waals surface area contributed by atoms with Crippen LogP contribution < -0.4 is 10.5 Å². The molecule has 2 rings (SSSR count). The van der Waals surface area contributed by atoms with E-state index < -0.39 is 12.1 Å². The molecule has 0 fully saturated rings. The van der Waals surface area contributed by atoms with Gasteiger partial charge in [-0.25, -0.2) is 4.79 Å². The summed E-state index contributed by atoms with van der Waals surface area (Å²) in [5, 5.41) is 4.68. The van der Waals surface area contributed by atoms with E-state index in [0.29, 0.717) is 21.4 Å². The average molecular weight is 353 g/mol. The number of nitrogens with zero attached hydrogens (tertiary/aromatic N) is 1. The molecule has 0 bridgehead atoms. The Bertz CT molecular complexity index is 718. The van der Waals surface area contributed by atoms with Crippen molar-refractivity contribution in [3.05, 3.63) is 64.1 Å². The van der Waals surface area contributed by atoms with Gasteiger partial charge in [-0.2, -0.15) is 0 Å². The van der Waals surface area contributed by atoms with Crippen LogP contribution in [0.1, 0.15) is 12.5 Å². The van der Waals surface area contributed by atoms with E-state index in [-0.39, 0.29) is 5.84 Å². The van der Waals surface area contributed by atoms with Crippen LogP contribution in [0.15, 0.2) is 53.7 Å². The third-order valence-electron chi connectivity index (χ3n) is 2.81. The molecule has 2 aromatic rings. The molecule has 2 N–H and O–H groups in total.